The van der Waals surface area contributed by atoms with E-state index in [0.29, 0.717) is 0 Å². The Morgan fingerprint density at radius 3 is 2.05 bits per heavy atom. The predicted octanol–water partition coefficient (Wildman–Crippen LogP) is 5.60. The lowest BCUT2D eigenvalue weighted by Crippen LogP contribution is -2.30. The van der Waals surface area contributed by atoms with E-state index < -0.39 is 0 Å². The minimum Gasteiger partial charge on any atom is -0.322 e. The molecule has 2 heteroatoms. The third-order valence-electron chi connectivity index (χ3n) is 3.76. The van der Waals surface area contributed by atoms with Gasteiger partial charge in [-0.15, -0.1) is 12.4 Å². The van der Waals surface area contributed by atoms with Crippen molar-refractivity contribution < 1.29 is 0 Å². The number of benzene rings is 1. The first-order valence-electron chi connectivity index (χ1n) is 7.93. The predicted molar refractivity (Wildman–Crippen MR) is 92.6 cm³/mol. The van der Waals surface area contributed by atoms with Gasteiger partial charge in [-0.1, -0.05) is 69.7 Å². The van der Waals surface area contributed by atoms with E-state index in [2.05, 4.69) is 45.0 Å². The average molecular weight is 298 g/mol. The molecule has 0 atom stereocenters. The van der Waals surface area contributed by atoms with Crippen molar-refractivity contribution in [2.75, 3.05) is 0 Å². The molecular formula is C18H32ClN. The summed E-state index contributed by atoms with van der Waals surface area (Å²) in [5.74, 6) is 0. The largest absolute Gasteiger partial charge is 0.322 e. The van der Waals surface area contributed by atoms with Gasteiger partial charge in [0, 0.05) is 5.54 Å². The molecule has 0 aliphatic carbocycles. The molecule has 0 spiro atoms. The van der Waals surface area contributed by atoms with Crippen LogP contribution in [-0.4, -0.2) is 0 Å². The van der Waals surface area contributed by atoms with Crippen LogP contribution in [0.2, 0.25) is 0 Å². The second kappa shape index (κ2) is 10.2. The summed E-state index contributed by atoms with van der Waals surface area (Å²) in [6, 6.07) is 8.64. The van der Waals surface area contributed by atoms with Crippen LogP contribution in [-0.2, 0) is 12.0 Å². The van der Waals surface area contributed by atoms with Crippen molar-refractivity contribution in [3.05, 3.63) is 35.4 Å². The maximum Gasteiger partial charge on any atom is 0.0355 e. The second-order valence-corrected chi connectivity index (χ2v) is 6.25. The van der Waals surface area contributed by atoms with Crippen LogP contribution in [0.5, 0.6) is 0 Å². The topological polar surface area (TPSA) is 26.0 Å². The Hall–Kier alpha value is -0.530. The molecule has 1 rings (SSSR count). The zero-order chi connectivity index (χ0) is 14.1. The van der Waals surface area contributed by atoms with Gasteiger partial charge in [-0.05, 0) is 37.8 Å². The van der Waals surface area contributed by atoms with Gasteiger partial charge >= 0.3 is 0 Å². The molecule has 20 heavy (non-hydrogen) atoms. The van der Waals surface area contributed by atoms with Gasteiger partial charge in [0.1, 0.15) is 0 Å². The van der Waals surface area contributed by atoms with Gasteiger partial charge in [0.2, 0.25) is 0 Å². The summed E-state index contributed by atoms with van der Waals surface area (Å²) in [6.45, 7) is 6.46. The molecule has 0 radical (unpaired) electrons. The molecule has 1 aromatic rings. The highest BCUT2D eigenvalue weighted by Gasteiger charge is 2.17. The standard InChI is InChI=1S/C18H31N.ClH/c1-4-5-6-7-8-9-10-13-16-14-11-12-15-17(16)18(2,3)19;/h11-12,14-15H,4-10,13,19H2,1-3H3;1H. The zero-order valence-electron chi connectivity index (χ0n) is 13.5. The summed E-state index contributed by atoms with van der Waals surface area (Å²) in [6.07, 6.45) is 10.7. The maximum absolute atomic E-state index is 6.24. The highest BCUT2D eigenvalue weighted by Crippen LogP contribution is 2.23. The van der Waals surface area contributed by atoms with Gasteiger partial charge in [0.05, 0.1) is 0 Å². The molecule has 0 bridgehead atoms. The Bertz CT molecular complexity index is 355. The van der Waals surface area contributed by atoms with Gasteiger partial charge in [0.15, 0.2) is 0 Å². The summed E-state index contributed by atoms with van der Waals surface area (Å²) in [5.41, 5.74) is 8.76. The molecule has 0 aromatic heterocycles. The first-order valence-corrected chi connectivity index (χ1v) is 7.93. The summed E-state index contributed by atoms with van der Waals surface area (Å²) >= 11 is 0. The van der Waals surface area contributed by atoms with E-state index in [4.69, 9.17) is 5.73 Å². The van der Waals surface area contributed by atoms with E-state index in [1.807, 2.05) is 0 Å². The monoisotopic (exact) mass is 297 g/mol. The fourth-order valence-corrected chi connectivity index (χ4v) is 2.64. The molecule has 0 saturated carbocycles. The van der Waals surface area contributed by atoms with E-state index in [9.17, 15) is 0 Å². The number of halogens is 1. The molecule has 0 saturated heterocycles. The van der Waals surface area contributed by atoms with Crippen LogP contribution < -0.4 is 5.73 Å². The van der Waals surface area contributed by atoms with E-state index in [0.717, 1.165) is 0 Å². The van der Waals surface area contributed by atoms with Crippen molar-refractivity contribution in [3.8, 4) is 0 Å². The van der Waals surface area contributed by atoms with Crippen LogP contribution in [0.1, 0.15) is 76.8 Å². The van der Waals surface area contributed by atoms with Gasteiger partial charge in [-0.25, -0.2) is 0 Å². The molecule has 2 N–H and O–H groups in total. The van der Waals surface area contributed by atoms with Crippen molar-refractivity contribution >= 4 is 12.4 Å². The molecule has 0 heterocycles. The van der Waals surface area contributed by atoms with Crippen molar-refractivity contribution in [2.45, 2.75) is 77.7 Å². The Kier molecular flexibility index (Phi) is 9.96. The maximum atomic E-state index is 6.24. The van der Waals surface area contributed by atoms with Gasteiger partial charge < -0.3 is 5.73 Å². The molecule has 0 amide bonds. The van der Waals surface area contributed by atoms with E-state index in [-0.39, 0.29) is 17.9 Å². The minimum absolute atomic E-state index is 0. The van der Waals surface area contributed by atoms with Crippen molar-refractivity contribution in [3.63, 3.8) is 0 Å². The molecule has 1 aromatic carbocycles. The quantitative estimate of drug-likeness (QED) is 0.590. The summed E-state index contributed by atoms with van der Waals surface area (Å²) in [7, 11) is 0. The lowest BCUT2D eigenvalue weighted by Gasteiger charge is -2.22. The molecule has 116 valence electrons. The second-order valence-electron chi connectivity index (χ2n) is 6.25. The third-order valence-corrected chi connectivity index (χ3v) is 3.76. The number of aryl methyl sites for hydroxylation is 1. The van der Waals surface area contributed by atoms with Crippen molar-refractivity contribution in [2.24, 2.45) is 5.73 Å². The Labute approximate surface area is 131 Å². The number of rotatable bonds is 9. The van der Waals surface area contributed by atoms with Crippen LogP contribution in [0, 0.1) is 0 Å². The van der Waals surface area contributed by atoms with E-state index in [1.165, 1.54) is 62.5 Å². The van der Waals surface area contributed by atoms with Crippen LogP contribution >= 0.6 is 12.4 Å². The van der Waals surface area contributed by atoms with Gasteiger partial charge in [0.25, 0.3) is 0 Å². The fraction of sp³-hybridized carbons (Fsp3) is 0.667. The van der Waals surface area contributed by atoms with Crippen LogP contribution in [0.15, 0.2) is 24.3 Å². The Morgan fingerprint density at radius 1 is 0.900 bits per heavy atom. The molecule has 1 nitrogen and oxygen atoms in total. The highest BCUT2D eigenvalue weighted by atomic mass is 35.5. The van der Waals surface area contributed by atoms with Crippen LogP contribution in [0.4, 0.5) is 0 Å². The average Bonchev–Trinajstić information content (AvgIpc) is 2.37. The summed E-state index contributed by atoms with van der Waals surface area (Å²) in [4.78, 5) is 0. The highest BCUT2D eigenvalue weighted by molar-refractivity contribution is 5.85. The molecule has 0 unspecified atom stereocenters. The zero-order valence-corrected chi connectivity index (χ0v) is 14.3. The van der Waals surface area contributed by atoms with E-state index >= 15 is 0 Å². The first-order chi connectivity index (χ1) is 9.05. The number of nitrogens with two attached hydrogens (primary N) is 1. The molecule has 0 fully saturated rings. The lowest BCUT2D eigenvalue weighted by molar-refractivity contribution is 0.542. The minimum atomic E-state index is -0.224. The number of hydrogen-bond acceptors (Lipinski definition) is 1. The van der Waals surface area contributed by atoms with Crippen molar-refractivity contribution in [1.82, 2.24) is 0 Å². The van der Waals surface area contributed by atoms with Crippen molar-refractivity contribution in [1.29, 1.82) is 0 Å². The Morgan fingerprint density at radius 2 is 1.45 bits per heavy atom. The van der Waals surface area contributed by atoms with Gasteiger partial charge in [-0.2, -0.15) is 0 Å². The molecular weight excluding hydrogens is 266 g/mol. The third kappa shape index (κ3) is 7.31. The summed E-state index contributed by atoms with van der Waals surface area (Å²) < 4.78 is 0. The Balaban J connectivity index is 0.00000361. The van der Waals surface area contributed by atoms with Gasteiger partial charge in [-0.3, -0.25) is 0 Å². The van der Waals surface area contributed by atoms with Crippen LogP contribution in [0.25, 0.3) is 0 Å². The van der Waals surface area contributed by atoms with Crippen LogP contribution in [0.3, 0.4) is 0 Å². The smallest absolute Gasteiger partial charge is 0.0355 e. The SMILES string of the molecule is CCCCCCCCCc1ccccc1C(C)(C)N.Cl. The number of hydrogen-bond donors (Lipinski definition) is 1. The summed E-state index contributed by atoms with van der Waals surface area (Å²) in [5, 5.41) is 0. The fourth-order valence-electron chi connectivity index (χ4n) is 2.64. The van der Waals surface area contributed by atoms with E-state index in [1.54, 1.807) is 0 Å². The molecule has 0 aliphatic heterocycles. The number of unbranched alkanes of at least 4 members (excludes halogenated alkanes) is 6. The normalized spacial score (nSPS) is 11.2. The lowest BCUT2D eigenvalue weighted by atomic mass is 9.89. The first kappa shape index (κ1) is 19.5. The molecule has 0 aliphatic rings.